The molecule has 0 heterocycles. The summed E-state index contributed by atoms with van der Waals surface area (Å²) in [5.41, 5.74) is 9.67. The van der Waals surface area contributed by atoms with Crippen LogP contribution in [0.2, 0.25) is 0 Å². The fourth-order valence-corrected chi connectivity index (χ4v) is 2.41. The van der Waals surface area contributed by atoms with Crippen LogP contribution in [0.5, 0.6) is 5.75 Å². The van der Waals surface area contributed by atoms with Crippen molar-refractivity contribution in [3.63, 3.8) is 0 Å². The van der Waals surface area contributed by atoms with Crippen molar-refractivity contribution in [2.24, 2.45) is 5.73 Å². The van der Waals surface area contributed by atoms with Crippen molar-refractivity contribution in [1.29, 1.82) is 0 Å². The average molecular weight is 191 g/mol. The number of fused-ring (bicyclic) bond motifs is 1. The Labute approximate surface area is 84.7 Å². The molecule has 0 aliphatic heterocycles. The van der Waals surface area contributed by atoms with Crippen LogP contribution in [0.15, 0.2) is 12.1 Å². The van der Waals surface area contributed by atoms with E-state index in [0.717, 1.165) is 24.8 Å². The van der Waals surface area contributed by atoms with E-state index < -0.39 is 0 Å². The van der Waals surface area contributed by atoms with Crippen LogP contribution < -0.4 is 5.73 Å². The van der Waals surface area contributed by atoms with E-state index in [1.165, 1.54) is 17.5 Å². The highest BCUT2D eigenvalue weighted by molar-refractivity contribution is 5.47. The average Bonchev–Trinajstić information content (AvgIpc) is 2.19. The van der Waals surface area contributed by atoms with Crippen molar-refractivity contribution in [2.75, 3.05) is 0 Å². The lowest BCUT2D eigenvalue weighted by atomic mass is 9.84. The third-order valence-corrected chi connectivity index (χ3v) is 3.11. The van der Waals surface area contributed by atoms with Gasteiger partial charge in [0, 0.05) is 6.04 Å². The minimum absolute atomic E-state index is 0.126. The molecule has 1 atom stereocenters. The highest BCUT2D eigenvalue weighted by Gasteiger charge is 2.21. The lowest BCUT2D eigenvalue weighted by Gasteiger charge is -2.25. The van der Waals surface area contributed by atoms with Gasteiger partial charge in [0.05, 0.1) is 0 Å². The van der Waals surface area contributed by atoms with Gasteiger partial charge in [0.15, 0.2) is 0 Å². The normalized spacial score (nSPS) is 20.6. The van der Waals surface area contributed by atoms with Crippen LogP contribution in [0.3, 0.4) is 0 Å². The summed E-state index contributed by atoms with van der Waals surface area (Å²) in [5, 5.41) is 9.73. The molecule has 2 nitrogen and oxygen atoms in total. The first-order valence-electron chi connectivity index (χ1n) is 5.33. The van der Waals surface area contributed by atoms with Crippen LogP contribution in [-0.2, 0) is 12.8 Å². The third kappa shape index (κ3) is 1.40. The topological polar surface area (TPSA) is 46.2 Å². The lowest BCUT2D eigenvalue weighted by Crippen LogP contribution is -2.19. The molecule has 1 aromatic rings. The van der Waals surface area contributed by atoms with Crippen LogP contribution in [0.4, 0.5) is 0 Å². The Bertz CT molecular complexity index is 346. The second-order valence-electron chi connectivity index (χ2n) is 3.99. The Balaban J connectivity index is 2.57. The van der Waals surface area contributed by atoms with Gasteiger partial charge < -0.3 is 10.8 Å². The summed E-state index contributed by atoms with van der Waals surface area (Å²) in [6.45, 7) is 2.07. The van der Waals surface area contributed by atoms with Crippen molar-refractivity contribution in [3.8, 4) is 5.75 Å². The second kappa shape index (κ2) is 3.62. The minimum Gasteiger partial charge on any atom is -0.508 e. The van der Waals surface area contributed by atoms with Crippen LogP contribution in [0, 0.1) is 0 Å². The largest absolute Gasteiger partial charge is 0.508 e. The first-order valence-corrected chi connectivity index (χ1v) is 5.33. The number of rotatable bonds is 1. The molecule has 2 heteroatoms. The van der Waals surface area contributed by atoms with Crippen LogP contribution in [0.25, 0.3) is 0 Å². The second-order valence-corrected chi connectivity index (χ2v) is 3.99. The number of phenolic OH excluding ortho intramolecular Hbond substituents is 1. The first kappa shape index (κ1) is 9.53. The number of benzene rings is 1. The first-order chi connectivity index (χ1) is 6.74. The van der Waals surface area contributed by atoms with Crippen LogP contribution in [-0.4, -0.2) is 5.11 Å². The summed E-state index contributed by atoms with van der Waals surface area (Å²) >= 11 is 0. The van der Waals surface area contributed by atoms with Crippen LogP contribution >= 0.6 is 0 Å². The van der Waals surface area contributed by atoms with Gasteiger partial charge in [0.25, 0.3) is 0 Å². The van der Waals surface area contributed by atoms with E-state index in [1.54, 1.807) is 6.07 Å². The number of hydrogen-bond acceptors (Lipinski definition) is 2. The Morgan fingerprint density at radius 3 is 3.00 bits per heavy atom. The molecule has 2 rings (SSSR count). The van der Waals surface area contributed by atoms with E-state index in [9.17, 15) is 5.11 Å². The van der Waals surface area contributed by atoms with Crippen molar-refractivity contribution >= 4 is 0 Å². The summed E-state index contributed by atoms with van der Waals surface area (Å²) in [6, 6.07) is 3.94. The molecular formula is C12H17NO. The molecule has 76 valence electrons. The van der Waals surface area contributed by atoms with Gasteiger partial charge in [-0.1, -0.05) is 13.0 Å². The zero-order chi connectivity index (χ0) is 10.1. The molecule has 0 bridgehead atoms. The number of hydrogen-bond donors (Lipinski definition) is 2. The van der Waals surface area contributed by atoms with Gasteiger partial charge in [-0.15, -0.1) is 0 Å². The molecular weight excluding hydrogens is 174 g/mol. The Kier molecular flexibility index (Phi) is 2.46. The zero-order valence-electron chi connectivity index (χ0n) is 8.59. The highest BCUT2D eigenvalue weighted by Crippen LogP contribution is 2.35. The van der Waals surface area contributed by atoms with Gasteiger partial charge in [0.1, 0.15) is 5.75 Å². The van der Waals surface area contributed by atoms with Crippen molar-refractivity contribution in [1.82, 2.24) is 0 Å². The quantitative estimate of drug-likeness (QED) is 0.715. The van der Waals surface area contributed by atoms with Gasteiger partial charge in [-0.25, -0.2) is 0 Å². The molecule has 0 saturated heterocycles. The molecule has 1 aromatic carbocycles. The molecule has 14 heavy (non-hydrogen) atoms. The highest BCUT2D eigenvalue weighted by atomic mass is 16.3. The van der Waals surface area contributed by atoms with Crippen LogP contribution in [0.1, 0.15) is 42.5 Å². The lowest BCUT2D eigenvalue weighted by molar-refractivity contribution is 0.462. The summed E-state index contributed by atoms with van der Waals surface area (Å²) in [6.07, 6.45) is 4.19. The van der Waals surface area contributed by atoms with E-state index in [0.29, 0.717) is 5.75 Å². The Morgan fingerprint density at radius 1 is 1.50 bits per heavy atom. The maximum atomic E-state index is 9.73. The number of phenols is 1. The van der Waals surface area contributed by atoms with Crippen molar-refractivity contribution in [3.05, 3.63) is 28.8 Å². The molecule has 0 fully saturated rings. The molecule has 0 saturated carbocycles. The summed E-state index contributed by atoms with van der Waals surface area (Å²) in [5.74, 6) is 0.406. The van der Waals surface area contributed by atoms with Gasteiger partial charge in [-0.05, 0) is 48.4 Å². The molecule has 0 unspecified atom stereocenters. The molecule has 3 N–H and O–H groups in total. The molecule has 1 aliphatic rings. The zero-order valence-corrected chi connectivity index (χ0v) is 8.59. The maximum Gasteiger partial charge on any atom is 0.119 e. The number of nitrogens with two attached hydrogens (primary N) is 1. The fourth-order valence-electron chi connectivity index (χ4n) is 2.41. The number of aromatic hydroxyl groups is 1. The minimum atomic E-state index is 0.126. The summed E-state index contributed by atoms with van der Waals surface area (Å²) in [7, 11) is 0. The van der Waals surface area contributed by atoms with Crippen molar-refractivity contribution < 1.29 is 5.11 Å². The van der Waals surface area contributed by atoms with E-state index in [4.69, 9.17) is 5.73 Å². The monoisotopic (exact) mass is 191 g/mol. The Morgan fingerprint density at radius 2 is 2.29 bits per heavy atom. The fraction of sp³-hybridized carbons (Fsp3) is 0.500. The SMILES string of the molecule is CCc1c(O)ccc2c1[C@@H](N)CCC2. The molecule has 0 aromatic heterocycles. The number of aryl methyl sites for hydroxylation is 1. The summed E-state index contributed by atoms with van der Waals surface area (Å²) < 4.78 is 0. The molecule has 0 radical (unpaired) electrons. The van der Waals surface area contributed by atoms with E-state index in [2.05, 4.69) is 6.92 Å². The van der Waals surface area contributed by atoms with E-state index >= 15 is 0 Å². The summed E-state index contributed by atoms with van der Waals surface area (Å²) in [4.78, 5) is 0. The Hall–Kier alpha value is -1.02. The van der Waals surface area contributed by atoms with E-state index in [1.807, 2.05) is 6.07 Å². The van der Waals surface area contributed by atoms with Gasteiger partial charge >= 0.3 is 0 Å². The standard InChI is InChI=1S/C12H17NO/c1-2-9-11(14)7-6-8-4-3-5-10(13)12(8)9/h6-7,10,14H,2-5,13H2,1H3/t10-/m0/s1. The smallest absolute Gasteiger partial charge is 0.119 e. The van der Waals surface area contributed by atoms with Gasteiger partial charge in [-0.3, -0.25) is 0 Å². The third-order valence-electron chi connectivity index (χ3n) is 3.11. The van der Waals surface area contributed by atoms with E-state index in [-0.39, 0.29) is 6.04 Å². The predicted octanol–water partition coefficient (Wildman–Crippen LogP) is 2.29. The molecule has 0 spiro atoms. The van der Waals surface area contributed by atoms with Crippen molar-refractivity contribution in [2.45, 2.75) is 38.6 Å². The van der Waals surface area contributed by atoms with Gasteiger partial charge in [-0.2, -0.15) is 0 Å². The van der Waals surface area contributed by atoms with Gasteiger partial charge in [0.2, 0.25) is 0 Å². The molecule has 1 aliphatic carbocycles. The predicted molar refractivity (Wildman–Crippen MR) is 57.4 cm³/mol. The molecule has 0 amide bonds. The maximum absolute atomic E-state index is 9.73.